The van der Waals surface area contributed by atoms with E-state index in [0.29, 0.717) is 17.1 Å². The van der Waals surface area contributed by atoms with Crippen LogP contribution >= 0.6 is 0 Å². The molecule has 0 aromatic heterocycles. The van der Waals surface area contributed by atoms with Crippen molar-refractivity contribution in [2.24, 2.45) is 0 Å². The first-order valence-electron chi connectivity index (χ1n) is 5.61. The van der Waals surface area contributed by atoms with Crippen LogP contribution in [-0.2, 0) is 6.42 Å². The van der Waals surface area contributed by atoms with E-state index in [1.54, 1.807) is 12.1 Å². The third-order valence-electron chi connectivity index (χ3n) is 2.60. The summed E-state index contributed by atoms with van der Waals surface area (Å²) in [5, 5.41) is 0. The Morgan fingerprint density at radius 3 is 2.41 bits per heavy atom. The molecule has 0 bridgehead atoms. The van der Waals surface area contributed by atoms with Crippen molar-refractivity contribution >= 4 is 11.4 Å². The maximum absolute atomic E-state index is 5.73. The Hall–Kier alpha value is -2.16. The molecule has 0 aliphatic rings. The molecule has 0 aliphatic heterocycles. The summed E-state index contributed by atoms with van der Waals surface area (Å²) in [6.07, 6.45) is 0.987. The summed E-state index contributed by atoms with van der Waals surface area (Å²) in [6.45, 7) is 2.11. The highest BCUT2D eigenvalue weighted by molar-refractivity contribution is 5.65. The molecule has 0 atom stereocenters. The van der Waals surface area contributed by atoms with Crippen molar-refractivity contribution < 1.29 is 4.74 Å². The van der Waals surface area contributed by atoms with Gasteiger partial charge in [-0.1, -0.05) is 19.1 Å². The number of rotatable bonds is 3. The molecule has 88 valence electrons. The first-order valence-corrected chi connectivity index (χ1v) is 5.61. The number of hydrogen-bond acceptors (Lipinski definition) is 3. The number of anilines is 2. The monoisotopic (exact) mass is 228 g/mol. The first-order chi connectivity index (χ1) is 8.19. The van der Waals surface area contributed by atoms with Crippen LogP contribution in [0.15, 0.2) is 42.5 Å². The predicted octanol–water partition coefficient (Wildman–Crippen LogP) is 3.21. The van der Waals surface area contributed by atoms with Gasteiger partial charge in [-0.15, -0.1) is 0 Å². The van der Waals surface area contributed by atoms with Crippen LogP contribution in [0, 0.1) is 0 Å². The van der Waals surface area contributed by atoms with Crippen LogP contribution in [0.4, 0.5) is 11.4 Å². The van der Waals surface area contributed by atoms with Gasteiger partial charge in [-0.05, 0) is 36.2 Å². The fraction of sp³-hybridized carbons (Fsp3) is 0.143. The zero-order valence-corrected chi connectivity index (χ0v) is 9.81. The van der Waals surface area contributed by atoms with E-state index < -0.39 is 0 Å². The second-order valence-electron chi connectivity index (χ2n) is 3.89. The van der Waals surface area contributed by atoms with Gasteiger partial charge in [0, 0.05) is 6.07 Å². The average molecular weight is 228 g/mol. The summed E-state index contributed by atoms with van der Waals surface area (Å²) >= 11 is 0. The van der Waals surface area contributed by atoms with Crippen molar-refractivity contribution in [3.63, 3.8) is 0 Å². The van der Waals surface area contributed by atoms with Gasteiger partial charge < -0.3 is 16.2 Å². The normalized spacial score (nSPS) is 10.2. The fourth-order valence-corrected chi connectivity index (χ4v) is 1.58. The van der Waals surface area contributed by atoms with E-state index in [1.807, 2.05) is 24.3 Å². The largest absolute Gasteiger partial charge is 0.457 e. The molecule has 3 nitrogen and oxygen atoms in total. The van der Waals surface area contributed by atoms with Crippen molar-refractivity contribution in [1.82, 2.24) is 0 Å². The van der Waals surface area contributed by atoms with Gasteiger partial charge in [0.1, 0.15) is 11.5 Å². The molecule has 3 heteroatoms. The molecule has 0 spiro atoms. The van der Waals surface area contributed by atoms with Crippen LogP contribution in [0.2, 0.25) is 0 Å². The highest BCUT2D eigenvalue weighted by Gasteiger charge is 2.01. The second kappa shape index (κ2) is 4.78. The number of nitrogen functional groups attached to an aromatic ring is 2. The van der Waals surface area contributed by atoms with Crippen LogP contribution in [0.1, 0.15) is 12.5 Å². The second-order valence-corrected chi connectivity index (χ2v) is 3.89. The number of benzene rings is 2. The number of ether oxygens (including phenoxy) is 1. The summed E-state index contributed by atoms with van der Waals surface area (Å²) < 4.78 is 5.72. The smallest absolute Gasteiger partial charge is 0.129 e. The van der Waals surface area contributed by atoms with Gasteiger partial charge in [-0.25, -0.2) is 0 Å². The Morgan fingerprint density at radius 1 is 0.941 bits per heavy atom. The minimum Gasteiger partial charge on any atom is -0.457 e. The quantitative estimate of drug-likeness (QED) is 0.793. The van der Waals surface area contributed by atoms with Gasteiger partial charge in [0.25, 0.3) is 0 Å². The summed E-state index contributed by atoms with van der Waals surface area (Å²) in [6, 6.07) is 13.3. The fourth-order valence-electron chi connectivity index (χ4n) is 1.58. The minimum atomic E-state index is 0.536. The van der Waals surface area contributed by atoms with Gasteiger partial charge in [-0.3, -0.25) is 0 Å². The first kappa shape index (κ1) is 11.3. The Morgan fingerprint density at radius 2 is 1.71 bits per heavy atom. The van der Waals surface area contributed by atoms with Crippen molar-refractivity contribution in [3.05, 3.63) is 48.0 Å². The van der Waals surface area contributed by atoms with E-state index in [9.17, 15) is 0 Å². The van der Waals surface area contributed by atoms with Crippen molar-refractivity contribution in [2.75, 3.05) is 11.5 Å². The zero-order valence-electron chi connectivity index (χ0n) is 9.81. The molecule has 0 aliphatic carbocycles. The van der Waals surface area contributed by atoms with E-state index >= 15 is 0 Å². The SMILES string of the molecule is CCc1cccc(Oc2ccc(N)c(N)c2)c1. The Bertz CT molecular complexity index is 523. The highest BCUT2D eigenvalue weighted by atomic mass is 16.5. The van der Waals surface area contributed by atoms with Crippen LogP contribution in [-0.4, -0.2) is 0 Å². The van der Waals surface area contributed by atoms with Crippen molar-refractivity contribution in [1.29, 1.82) is 0 Å². The van der Waals surface area contributed by atoms with E-state index in [2.05, 4.69) is 13.0 Å². The van der Waals surface area contributed by atoms with Crippen LogP contribution < -0.4 is 16.2 Å². The van der Waals surface area contributed by atoms with Crippen LogP contribution in [0.3, 0.4) is 0 Å². The van der Waals surface area contributed by atoms with E-state index in [-0.39, 0.29) is 0 Å². The zero-order chi connectivity index (χ0) is 12.3. The average Bonchev–Trinajstić information content (AvgIpc) is 2.34. The third-order valence-corrected chi connectivity index (χ3v) is 2.60. The van der Waals surface area contributed by atoms with Crippen LogP contribution in [0.5, 0.6) is 11.5 Å². The van der Waals surface area contributed by atoms with Crippen LogP contribution in [0.25, 0.3) is 0 Å². The van der Waals surface area contributed by atoms with Gasteiger partial charge >= 0.3 is 0 Å². The number of hydrogen-bond donors (Lipinski definition) is 2. The number of nitrogens with two attached hydrogens (primary N) is 2. The molecule has 0 saturated carbocycles. The maximum atomic E-state index is 5.73. The summed E-state index contributed by atoms with van der Waals surface area (Å²) in [5.41, 5.74) is 13.7. The maximum Gasteiger partial charge on any atom is 0.129 e. The molecular formula is C14H16N2O. The Kier molecular flexibility index (Phi) is 3.19. The van der Waals surface area contributed by atoms with Gasteiger partial charge in [0.2, 0.25) is 0 Å². The summed E-state index contributed by atoms with van der Waals surface area (Å²) in [7, 11) is 0. The molecular weight excluding hydrogens is 212 g/mol. The molecule has 0 unspecified atom stereocenters. The molecule has 2 aromatic carbocycles. The lowest BCUT2D eigenvalue weighted by molar-refractivity contribution is 0.482. The van der Waals surface area contributed by atoms with Gasteiger partial charge in [-0.2, -0.15) is 0 Å². The molecule has 2 aromatic rings. The van der Waals surface area contributed by atoms with Crippen molar-refractivity contribution in [3.8, 4) is 11.5 Å². The highest BCUT2D eigenvalue weighted by Crippen LogP contribution is 2.26. The van der Waals surface area contributed by atoms with E-state index in [1.165, 1.54) is 5.56 Å². The van der Waals surface area contributed by atoms with E-state index in [0.717, 1.165) is 12.2 Å². The predicted molar refractivity (Wildman–Crippen MR) is 71.2 cm³/mol. The lowest BCUT2D eigenvalue weighted by Gasteiger charge is -2.08. The molecule has 0 radical (unpaired) electrons. The summed E-state index contributed by atoms with van der Waals surface area (Å²) in [4.78, 5) is 0. The Labute approximate surface area is 101 Å². The van der Waals surface area contributed by atoms with Gasteiger partial charge in [0.15, 0.2) is 0 Å². The molecule has 17 heavy (non-hydrogen) atoms. The number of aryl methyl sites for hydroxylation is 1. The third kappa shape index (κ3) is 2.69. The Balaban J connectivity index is 2.22. The molecule has 0 heterocycles. The minimum absolute atomic E-state index is 0.536. The lowest BCUT2D eigenvalue weighted by atomic mass is 10.2. The lowest BCUT2D eigenvalue weighted by Crippen LogP contribution is -1.95. The van der Waals surface area contributed by atoms with Crippen molar-refractivity contribution in [2.45, 2.75) is 13.3 Å². The molecule has 2 rings (SSSR count). The summed E-state index contributed by atoms with van der Waals surface area (Å²) in [5.74, 6) is 1.51. The topological polar surface area (TPSA) is 61.3 Å². The standard InChI is InChI=1S/C14H16N2O/c1-2-10-4-3-5-11(8-10)17-12-6-7-13(15)14(16)9-12/h3-9H,2,15-16H2,1H3. The van der Waals surface area contributed by atoms with Gasteiger partial charge in [0.05, 0.1) is 11.4 Å². The molecule has 0 fully saturated rings. The molecule has 0 amide bonds. The molecule has 0 saturated heterocycles. The van der Waals surface area contributed by atoms with E-state index in [4.69, 9.17) is 16.2 Å². The molecule has 4 N–H and O–H groups in total.